The van der Waals surface area contributed by atoms with Crippen LogP contribution in [0.3, 0.4) is 0 Å². The maximum atomic E-state index is 13.3. The number of halogens is 2. The van der Waals surface area contributed by atoms with Crippen LogP contribution >= 0.6 is 23.2 Å². The van der Waals surface area contributed by atoms with Gasteiger partial charge in [-0.05, 0) is 48.4 Å². The zero-order chi connectivity index (χ0) is 18.7. The molecule has 6 heteroatoms. The molecule has 0 amide bonds. The van der Waals surface area contributed by atoms with Gasteiger partial charge in [0, 0.05) is 0 Å². The lowest BCUT2D eigenvalue weighted by Crippen LogP contribution is -2.31. The van der Waals surface area contributed by atoms with Crippen molar-refractivity contribution in [3.8, 4) is 0 Å². The van der Waals surface area contributed by atoms with Gasteiger partial charge in [0.05, 0.1) is 27.2 Å². The highest BCUT2D eigenvalue weighted by Crippen LogP contribution is 2.30. The van der Waals surface area contributed by atoms with Crippen molar-refractivity contribution in [3.05, 3.63) is 94.0 Å². The fourth-order valence-corrected chi connectivity index (χ4v) is 4.53. The maximum Gasteiger partial charge on any atom is 0.264 e. The molecule has 0 atom stereocenters. The Morgan fingerprint density at radius 1 is 0.846 bits per heavy atom. The van der Waals surface area contributed by atoms with E-state index in [1.54, 1.807) is 54.6 Å². The molecule has 0 radical (unpaired) electrons. The van der Waals surface area contributed by atoms with Gasteiger partial charge in [0.1, 0.15) is 0 Å². The smallest absolute Gasteiger partial charge is 0.262 e. The average Bonchev–Trinajstić information content (AvgIpc) is 2.64. The Hall–Kier alpha value is -2.01. The summed E-state index contributed by atoms with van der Waals surface area (Å²) in [6, 6.07) is 20.9. The fourth-order valence-electron chi connectivity index (χ4n) is 2.67. The van der Waals surface area contributed by atoms with Crippen molar-refractivity contribution < 1.29 is 8.42 Å². The van der Waals surface area contributed by atoms with E-state index in [1.165, 1.54) is 4.31 Å². The second-order valence-electron chi connectivity index (χ2n) is 5.86. The zero-order valence-corrected chi connectivity index (χ0v) is 16.4. The van der Waals surface area contributed by atoms with Gasteiger partial charge < -0.3 is 0 Å². The maximum absolute atomic E-state index is 13.3. The molecule has 134 valence electrons. The molecule has 0 aliphatic carbocycles. The fraction of sp³-hybridized carbons (Fsp3) is 0.100. The van der Waals surface area contributed by atoms with Crippen molar-refractivity contribution in [2.75, 3.05) is 4.31 Å². The Bertz CT molecular complexity index is 1020. The monoisotopic (exact) mass is 405 g/mol. The second-order valence-corrected chi connectivity index (χ2v) is 8.54. The summed E-state index contributed by atoms with van der Waals surface area (Å²) < 4.78 is 28.0. The molecule has 0 aliphatic heterocycles. The first-order valence-electron chi connectivity index (χ1n) is 7.97. The van der Waals surface area contributed by atoms with Crippen molar-refractivity contribution >= 4 is 38.9 Å². The molecule has 0 aromatic heterocycles. The Balaban J connectivity index is 2.11. The van der Waals surface area contributed by atoms with Crippen LogP contribution in [0.25, 0.3) is 0 Å². The van der Waals surface area contributed by atoms with Gasteiger partial charge in [0.15, 0.2) is 0 Å². The Morgan fingerprint density at radius 2 is 1.50 bits per heavy atom. The van der Waals surface area contributed by atoms with E-state index in [0.29, 0.717) is 15.7 Å². The van der Waals surface area contributed by atoms with Gasteiger partial charge in [-0.25, -0.2) is 8.42 Å². The SMILES string of the molecule is Cc1ccccc1N(Cc1ccc(Cl)c(Cl)c1)S(=O)(=O)c1ccccc1. The second kappa shape index (κ2) is 7.70. The number of anilines is 1. The first-order chi connectivity index (χ1) is 12.4. The molecular formula is C20H17Cl2NO2S. The molecule has 0 saturated heterocycles. The summed E-state index contributed by atoms with van der Waals surface area (Å²) in [7, 11) is -3.74. The van der Waals surface area contributed by atoms with Crippen LogP contribution in [0.4, 0.5) is 5.69 Å². The van der Waals surface area contributed by atoms with E-state index in [2.05, 4.69) is 0 Å². The van der Waals surface area contributed by atoms with Crippen LogP contribution in [-0.4, -0.2) is 8.42 Å². The lowest BCUT2D eigenvalue weighted by Gasteiger charge is -2.26. The highest BCUT2D eigenvalue weighted by Gasteiger charge is 2.26. The summed E-state index contributed by atoms with van der Waals surface area (Å²) in [5.74, 6) is 0. The van der Waals surface area contributed by atoms with Gasteiger partial charge in [0.2, 0.25) is 0 Å². The standard InChI is InChI=1S/C20H17Cl2NO2S/c1-15-7-5-6-10-20(15)23(14-16-11-12-18(21)19(22)13-16)26(24,25)17-8-3-2-4-9-17/h2-13H,14H2,1H3. The van der Waals surface area contributed by atoms with Crippen molar-refractivity contribution in [2.45, 2.75) is 18.4 Å². The van der Waals surface area contributed by atoms with E-state index >= 15 is 0 Å². The summed E-state index contributed by atoms with van der Waals surface area (Å²) >= 11 is 12.1. The number of hydrogen-bond donors (Lipinski definition) is 0. The van der Waals surface area contributed by atoms with Gasteiger partial charge in [-0.3, -0.25) is 4.31 Å². The van der Waals surface area contributed by atoms with Gasteiger partial charge in [0.25, 0.3) is 10.0 Å². The Labute approximate surface area is 163 Å². The van der Waals surface area contributed by atoms with Gasteiger partial charge >= 0.3 is 0 Å². The molecule has 3 aromatic rings. The summed E-state index contributed by atoms with van der Waals surface area (Å²) in [4.78, 5) is 0.239. The molecule has 0 heterocycles. The zero-order valence-electron chi connectivity index (χ0n) is 14.1. The molecule has 0 N–H and O–H groups in total. The third kappa shape index (κ3) is 3.88. The average molecular weight is 406 g/mol. The topological polar surface area (TPSA) is 37.4 Å². The molecule has 3 aromatic carbocycles. The van der Waals surface area contributed by atoms with Crippen molar-refractivity contribution in [1.29, 1.82) is 0 Å². The lowest BCUT2D eigenvalue weighted by atomic mass is 10.2. The number of hydrogen-bond acceptors (Lipinski definition) is 2. The number of para-hydroxylation sites is 1. The van der Waals surface area contributed by atoms with Gasteiger partial charge in [-0.15, -0.1) is 0 Å². The summed E-state index contributed by atoms with van der Waals surface area (Å²) in [5, 5.41) is 0.829. The van der Waals surface area contributed by atoms with Crippen molar-refractivity contribution in [1.82, 2.24) is 0 Å². The van der Waals surface area contributed by atoms with E-state index in [0.717, 1.165) is 11.1 Å². The number of nitrogens with zero attached hydrogens (tertiary/aromatic N) is 1. The normalized spacial score (nSPS) is 11.3. The van der Waals surface area contributed by atoms with E-state index in [9.17, 15) is 8.42 Å². The van der Waals surface area contributed by atoms with Crippen LogP contribution in [-0.2, 0) is 16.6 Å². The van der Waals surface area contributed by atoms with Crippen LogP contribution < -0.4 is 4.31 Å². The largest absolute Gasteiger partial charge is 0.264 e. The molecule has 0 bridgehead atoms. The Morgan fingerprint density at radius 3 is 2.15 bits per heavy atom. The van der Waals surface area contributed by atoms with E-state index in [4.69, 9.17) is 23.2 Å². The molecule has 0 unspecified atom stereocenters. The minimum absolute atomic E-state index is 0.152. The number of rotatable bonds is 5. The minimum atomic E-state index is -3.74. The molecule has 0 aliphatic rings. The van der Waals surface area contributed by atoms with Gasteiger partial charge in [-0.2, -0.15) is 0 Å². The van der Waals surface area contributed by atoms with Crippen LogP contribution in [0, 0.1) is 6.92 Å². The first kappa shape index (κ1) is 18.8. The third-order valence-corrected chi connectivity index (χ3v) is 6.54. The predicted octanol–water partition coefficient (Wildman–Crippen LogP) is 5.70. The molecule has 3 rings (SSSR count). The van der Waals surface area contributed by atoms with Crippen LogP contribution in [0.5, 0.6) is 0 Å². The molecule has 0 fully saturated rings. The quantitative estimate of drug-likeness (QED) is 0.545. The summed E-state index contributed by atoms with van der Waals surface area (Å²) in [5.41, 5.74) is 2.25. The van der Waals surface area contributed by atoms with Crippen molar-refractivity contribution in [3.63, 3.8) is 0 Å². The molecule has 26 heavy (non-hydrogen) atoms. The van der Waals surface area contributed by atoms with Crippen LogP contribution in [0.2, 0.25) is 10.0 Å². The third-order valence-electron chi connectivity index (χ3n) is 4.03. The highest BCUT2D eigenvalue weighted by molar-refractivity contribution is 7.92. The van der Waals surface area contributed by atoms with Crippen LogP contribution in [0.15, 0.2) is 77.7 Å². The summed E-state index contributed by atoms with van der Waals surface area (Å²) in [6.45, 7) is 2.04. The lowest BCUT2D eigenvalue weighted by molar-refractivity contribution is 0.590. The van der Waals surface area contributed by atoms with Gasteiger partial charge in [-0.1, -0.05) is 65.7 Å². The molecule has 0 spiro atoms. The molecule has 0 saturated carbocycles. The number of sulfonamides is 1. The first-order valence-corrected chi connectivity index (χ1v) is 10.2. The van der Waals surface area contributed by atoms with E-state index < -0.39 is 10.0 Å². The predicted molar refractivity (Wildman–Crippen MR) is 107 cm³/mol. The number of benzene rings is 3. The summed E-state index contributed by atoms with van der Waals surface area (Å²) in [6.07, 6.45) is 0. The highest BCUT2D eigenvalue weighted by atomic mass is 35.5. The van der Waals surface area contributed by atoms with E-state index in [1.807, 2.05) is 25.1 Å². The van der Waals surface area contributed by atoms with E-state index in [-0.39, 0.29) is 11.4 Å². The minimum Gasteiger partial charge on any atom is -0.262 e. The number of aryl methyl sites for hydroxylation is 1. The molecular weight excluding hydrogens is 389 g/mol. The van der Waals surface area contributed by atoms with Crippen molar-refractivity contribution in [2.24, 2.45) is 0 Å². The molecule has 3 nitrogen and oxygen atoms in total. The van der Waals surface area contributed by atoms with Crippen LogP contribution in [0.1, 0.15) is 11.1 Å². The Kier molecular flexibility index (Phi) is 5.56.